The van der Waals surface area contributed by atoms with E-state index < -0.39 is 22.5 Å². The number of fused-ring (bicyclic) bond motifs is 7. The first-order chi connectivity index (χ1) is 17.9. The lowest BCUT2D eigenvalue weighted by atomic mass is 9.35. The molecule has 5 rings (SSSR count). The van der Waals surface area contributed by atoms with E-state index in [9.17, 15) is 24.8 Å². The van der Waals surface area contributed by atoms with Crippen LogP contribution in [0.15, 0.2) is 23.3 Å². The first-order valence-electron chi connectivity index (χ1n) is 14.9. The van der Waals surface area contributed by atoms with Gasteiger partial charge in [0.15, 0.2) is 11.6 Å². The third-order valence-electron chi connectivity index (χ3n) is 12.9. The Balaban J connectivity index is 1.71. The number of nitriles is 1. The second-order valence-corrected chi connectivity index (χ2v) is 15.4. The molecule has 3 saturated carbocycles. The Morgan fingerprint density at radius 1 is 1.05 bits per heavy atom. The van der Waals surface area contributed by atoms with Gasteiger partial charge in [-0.3, -0.25) is 9.59 Å². The first kappa shape index (κ1) is 28.1. The lowest BCUT2D eigenvalue weighted by molar-refractivity contribution is -0.173. The van der Waals surface area contributed by atoms with Crippen molar-refractivity contribution in [3.63, 3.8) is 0 Å². The van der Waals surface area contributed by atoms with Gasteiger partial charge >= 0.3 is 6.09 Å². The topological polar surface area (TPSA) is 98.5 Å². The highest BCUT2D eigenvalue weighted by molar-refractivity contribution is 6.04. The number of amides is 1. The first-order valence-corrected chi connectivity index (χ1v) is 14.9. The molecule has 39 heavy (non-hydrogen) atoms. The average Bonchev–Trinajstić information content (AvgIpc) is 2.83. The van der Waals surface area contributed by atoms with Crippen molar-refractivity contribution in [2.75, 3.05) is 6.54 Å². The van der Waals surface area contributed by atoms with Crippen LogP contribution in [0.3, 0.4) is 0 Å². The zero-order valence-corrected chi connectivity index (χ0v) is 25.1. The van der Waals surface area contributed by atoms with E-state index in [0.29, 0.717) is 6.54 Å². The summed E-state index contributed by atoms with van der Waals surface area (Å²) in [5.41, 5.74) is -1.07. The number of hydrogen-bond donors (Lipinski definition) is 1. The molecule has 1 amide bonds. The van der Waals surface area contributed by atoms with E-state index in [0.717, 1.165) is 50.5 Å². The maximum Gasteiger partial charge on any atom is 0.407 e. The predicted octanol–water partition coefficient (Wildman–Crippen LogP) is 6.96. The predicted molar refractivity (Wildman–Crippen MR) is 150 cm³/mol. The van der Waals surface area contributed by atoms with E-state index in [-0.39, 0.29) is 51.1 Å². The van der Waals surface area contributed by atoms with Crippen LogP contribution in [0.5, 0.6) is 0 Å². The molecule has 212 valence electrons. The van der Waals surface area contributed by atoms with E-state index in [4.69, 9.17) is 0 Å². The minimum atomic E-state index is -0.882. The number of ketones is 2. The Morgan fingerprint density at radius 2 is 1.69 bits per heavy atom. The van der Waals surface area contributed by atoms with Gasteiger partial charge in [0, 0.05) is 28.8 Å². The fraction of sp³-hybridized carbons (Fsp3) is 0.758. The van der Waals surface area contributed by atoms with E-state index in [1.54, 1.807) is 4.90 Å². The van der Waals surface area contributed by atoms with Crippen molar-refractivity contribution < 1.29 is 19.5 Å². The molecule has 0 aliphatic heterocycles. The highest BCUT2D eigenvalue weighted by atomic mass is 16.4. The van der Waals surface area contributed by atoms with Crippen LogP contribution < -0.4 is 0 Å². The smallest absolute Gasteiger partial charge is 0.407 e. The van der Waals surface area contributed by atoms with Crippen molar-refractivity contribution in [1.29, 1.82) is 5.26 Å². The molecule has 0 aromatic rings. The third kappa shape index (κ3) is 3.40. The van der Waals surface area contributed by atoms with Gasteiger partial charge in [0.1, 0.15) is 6.07 Å². The molecule has 5 aliphatic carbocycles. The average molecular weight is 535 g/mol. The van der Waals surface area contributed by atoms with Gasteiger partial charge in [-0.25, -0.2) is 4.79 Å². The Kier molecular flexibility index (Phi) is 5.99. The molecule has 0 aromatic heterocycles. The van der Waals surface area contributed by atoms with Crippen molar-refractivity contribution in [2.24, 2.45) is 44.8 Å². The number of carbonyl (C=O) groups is 3. The molecule has 0 aromatic carbocycles. The monoisotopic (exact) mass is 534 g/mol. The molecular formula is C33H46N2O4. The summed E-state index contributed by atoms with van der Waals surface area (Å²) in [4.78, 5) is 42.0. The normalized spacial score (nSPS) is 43.9. The Hall–Kier alpha value is -2.42. The fourth-order valence-corrected chi connectivity index (χ4v) is 10.7. The summed E-state index contributed by atoms with van der Waals surface area (Å²) in [6, 6.07) is 2.17. The molecule has 6 nitrogen and oxygen atoms in total. The molecule has 5 aliphatic rings. The fourth-order valence-electron chi connectivity index (χ4n) is 10.7. The van der Waals surface area contributed by atoms with E-state index >= 15 is 0 Å². The van der Waals surface area contributed by atoms with Gasteiger partial charge in [0.2, 0.25) is 0 Å². The second-order valence-electron chi connectivity index (χ2n) is 15.4. The van der Waals surface area contributed by atoms with Crippen molar-refractivity contribution in [1.82, 2.24) is 4.90 Å². The van der Waals surface area contributed by atoms with Gasteiger partial charge < -0.3 is 10.0 Å². The summed E-state index contributed by atoms with van der Waals surface area (Å²) in [6.45, 7) is 17.5. The summed E-state index contributed by atoms with van der Waals surface area (Å²) in [5.74, 6) is -0.269. The largest absolute Gasteiger partial charge is 0.465 e. The number of hydrogen-bond acceptors (Lipinski definition) is 4. The van der Waals surface area contributed by atoms with Crippen LogP contribution in [0.1, 0.15) is 100 Å². The molecule has 1 N–H and O–H groups in total. The van der Waals surface area contributed by atoms with Crippen molar-refractivity contribution in [3.8, 4) is 6.07 Å². The van der Waals surface area contributed by atoms with Crippen LogP contribution in [0, 0.1) is 56.2 Å². The minimum Gasteiger partial charge on any atom is -0.465 e. The van der Waals surface area contributed by atoms with Crippen molar-refractivity contribution in [2.45, 2.75) is 106 Å². The van der Waals surface area contributed by atoms with Gasteiger partial charge in [0.25, 0.3) is 0 Å². The Morgan fingerprint density at radius 3 is 2.28 bits per heavy atom. The van der Waals surface area contributed by atoms with Crippen LogP contribution in [-0.4, -0.2) is 39.7 Å². The quantitative estimate of drug-likeness (QED) is 0.413. The maximum absolute atomic E-state index is 14.5. The lowest BCUT2D eigenvalue weighted by Gasteiger charge is -2.70. The SMILES string of the molecule is CCN(C(=O)O)[C@]12CCC(C)(C)C[C@@H]1[C@H]1C(=O)C=C3[C@@]4(C)C=C(C#N)C(=O)C(C)(C)[C@@H]4CC[C@@]3(C)[C@]1(C)CC2. The van der Waals surface area contributed by atoms with Gasteiger partial charge in [0.05, 0.1) is 5.57 Å². The highest BCUT2D eigenvalue weighted by Gasteiger charge is 2.70. The summed E-state index contributed by atoms with van der Waals surface area (Å²) < 4.78 is 0. The standard InChI is InChI=1S/C33H46N2O4/c1-9-35(27(38)39)33-14-12-28(2,3)18-21(33)25-22(36)16-24-30(6)17-20(19-34)26(37)29(4,5)23(30)10-11-31(24,7)32(25,8)13-15-33/h16-17,21,23,25H,9-15,18H2,1-8H3,(H,38,39)/t21-,23+,25+,30+,31-,32-,33+/m1/s1. The van der Waals surface area contributed by atoms with Crippen LogP contribution >= 0.6 is 0 Å². The zero-order valence-electron chi connectivity index (χ0n) is 25.1. The molecular weight excluding hydrogens is 488 g/mol. The Labute approximate surface area is 233 Å². The van der Waals surface area contributed by atoms with Crippen LogP contribution in [0.4, 0.5) is 4.79 Å². The number of nitrogens with zero attached hydrogens (tertiary/aromatic N) is 2. The maximum atomic E-state index is 14.5. The molecule has 0 spiro atoms. The molecule has 0 heterocycles. The van der Waals surface area contributed by atoms with Gasteiger partial charge in [-0.2, -0.15) is 5.26 Å². The minimum absolute atomic E-state index is 0.0146. The molecule has 0 unspecified atom stereocenters. The van der Waals surface area contributed by atoms with Crippen LogP contribution in [-0.2, 0) is 9.59 Å². The van der Waals surface area contributed by atoms with Crippen LogP contribution in [0.25, 0.3) is 0 Å². The molecule has 7 atom stereocenters. The molecule has 3 fully saturated rings. The van der Waals surface area contributed by atoms with E-state index in [2.05, 4.69) is 40.7 Å². The summed E-state index contributed by atoms with van der Waals surface area (Å²) >= 11 is 0. The van der Waals surface area contributed by atoms with Crippen LogP contribution in [0.2, 0.25) is 0 Å². The van der Waals surface area contributed by atoms with Gasteiger partial charge in [-0.05, 0) is 86.0 Å². The Bertz CT molecular complexity index is 1250. The number of carboxylic acid groups (broad SMARTS) is 1. The number of allylic oxidation sites excluding steroid dienone is 4. The van der Waals surface area contributed by atoms with Crippen molar-refractivity contribution in [3.05, 3.63) is 23.3 Å². The molecule has 0 bridgehead atoms. The third-order valence-corrected chi connectivity index (χ3v) is 12.9. The molecule has 6 heteroatoms. The van der Waals surface area contributed by atoms with Gasteiger partial charge in [-0.1, -0.05) is 60.1 Å². The lowest BCUT2D eigenvalue weighted by Crippen LogP contribution is -2.70. The molecule has 0 saturated heterocycles. The summed E-state index contributed by atoms with van der Waals surface area (Å²) in [5, 5.41) is 20.2. The number of rotatable bonds is 2. The number of carbonyl (C=O) groups excluding carboxylic acids is 2. The van der Waals surface area contributed by atoms with E-state index in [1.807, 2.05) is 32.9 Å². The number of Topliss-reactive ketones (excluding diaryl/α,β-unsaturated/α-hetero) is 1. The second kappa shape index (κ2) is 8.30. The van der Waals surface area contributed by atoms with E-state index in [1.165, 1.54) is 0 Å². The zero-order chi connectivity index (χ0) is 29.0. The van der Waals surface area contributed by atoms with Crippen molar-refractivity contribution >= 4 is 17.7 Å². The summed E-state index contributed by atoms with van der Waals surface area (Å²) in [6.07, 6.45) is 8.76. The highest BCUT2D eigenvalue weighted by Crippen LogP contribution is 2.73. The molecule has 0 radical (unpaired) electrons. The summed E-state index contributed by atoms with van der Waals surface area (Å²) in [7, 11) is 0. The van der Waals surface area contributed by atoms with Gasteiger partial charge in [-0.15, -0.1) is 0 Å².